The molecule has 0 unspecified atom stereocenters. The van der Waals surface area contributed by atoms with E-state index in [0.29, 0.717) is 30.5 Å². The van der Waals surface area contributed by atoms with E-state index in [2.05, 4.69) is 20.9 Å². The maximum absolute atomic E-state index is 13.3. The van der Waals surface area contributed by atoms with E-state index in [9.17, 15) is 8.78 Å². The molecule has 0 bridgehead atoms. The summed E-state index contributed by atoms with van der Waals surface area (Å²) < 4.78 is 32.8. The van der Waals surface area contributed by atoms with E-state index < -0.39 is 5.92 Å². The van der Waals surface area contributed by atoms with Gasteiger partial charge in [-0.3, -0.25) is 4.90 Å². The van der Waals surface area contributed by atoms with Crippen LogP contribution in [-0.2, 0) is 6.54 Å². The van der Waals surface area contributed by atoms with Crippen LogP contribution >= 0.6 is 27.5 Å². The average molecular weight is 406 g/mol. The highest BCUT2D eigenvalue weighted by Gasteiger charge is 2.34. The molecule has 3 rings (SSSR count). The Labute approximate surface area is 146 Å². The van der Waals surface area contributed by atoms with Crippen LogP contribution in [0.2, 0.25) is 5.02 Å². The van der Waals surface area contributed by atoms with Crippen molar-refractivity contribution in [1.29, 1.82) is 0 Å². The Kier molecular flexibility index (Phi) is 4.76. The van der Waals surface area contributed by atoms with Crippen LogP contribution in [0, 0.1) is 0 Å². The van der Waals surface area contributed by atoms with E-state index in [1.807, 2.05) is 23.1 Å². The number of hydrogen-bond donors (Lipinski definition) is 0. The first-order valence-corrected chi connectivity index (χ1v) is 8.49. The molecule has 23 heavy (non-hydrogen) atoms. The molecule has 0 aliphatic carbocycles. The highest BCUT2D eigenvalue weighted by Crippen LogP contribution is 2.38. The Morgan fingerprint density at radius 1 is 1.35 bits per heavy atom. The summed E-state index contributed by atoms with van der Waals surface area (Å²) in [6, 6.07) is 5.63. The van der Waals surface area contributed by atoms with Gasteiger partial charge in [0.05, 0.1) is 17.6 Å². The van der Waals surface area contributed by atoms with Gasteiger partial charge in [0.1, 0.15) is 0 Å². The van der Waals surface area contributed by atoms with E-state index in [0.717, 1.165) is 20.9 Å². The molecule has 0 radical (unpaired) electrons. The molecule has 2 aromatic rings. The number of pyridine rings is 1. The SMILES string of the molecule is COc1nc2cccc(Br)c2c(Cl)c1CN1CCC(F)(F)CC1. The highest BCUT2D eigenvalue weighted by molar-refractivity contribution is 9.10. The van der Waals surface area contributed by atoms with E-state index >= 15 is 0 Å². The number of alkyl halides is 2. The second kappa shape index (κ2) is 6.49. The van der Waals surface area contributed by atoms with Gasteiger partial charge in [-0.1, -0.05) is 33.6 Å². The second-order valence-electron chi connectivity index (χ2n) is 5.68. The summed E-state index contributed by atoms with van der Waals surface area (Å²) >= 11 is 10.1. The van der Waals surface area contributed by atoms with Gasteiger partial charge in [-0.25, -0.2) is 13.8 Å². The fraction of sp³-hybridized carbons (Fsp3) is 0.438. The first-order valence-electron chi connectivity index (χ1n) is 7.32. The van der Waals surface area contributed by atoms with Crippen LogP contribution in [-0.4, -0.2) is 36.0 Å². The largest absolute Gasteiger partial charge is 0.481 e. The number of hydrogen-bond acceptors (Lipinski definition) is 3. The van der Waals surface area contributed by atoms with Gasteiger partial charge in [0.15, 0.2) is 0 Å². The second-order valence-corrected chi connectivity index (χ2v) is 6.91. The van der Waals surface area contributed by atoms with Gasteiger partial charge >= 0.3 is 0 Å². The third-order valence-electron chi connectivity index (χ3n) is 4.12. The molecule has 0 saturated carbocycles. The van der Waals surface area contributed by atoms with Gasteiger partial charge < -0.3 is 4.74 Å². The van der Waals surface area contributed by atoms with Crippen LogP contribution in [0.15, 0.2) is 22.7 Å². The standard InChI is InChI=1S/C16H16BrClF2N2O/c1-23-15-10(9-22-7-5-16(19,20)6-8-22)14(18)13-11(17)3-2-4-12(13)21-15/h2-4H,5-9H2,1H3. The number of ether oxygens (including phenoxy) is 1. The molecule has 1 saturated heterocycles. The number of halogens is 4. The number of piperidine rings is 1. The summed E-state index contributed by atoms with van der Waals surface area (Å²) in [5.74, 6) is -2.12. The molecule has 2 heterocycles. The van der Waals surface area contributed by atoms with Crippen LogP contribution < -0.4 is 4.74 Å². The quantitative estimate of drug-likeness (QED) is 0.727. The van der Waals surface area contributed by atoms with E-state index in [1.165, 1.54) is 7.11 Å². The minimum absolute atomic E-state index is 0.127. The fourth-order valence-electron chi connectivity index (χ4n) is 2.81. The summed E-state index contributed by atoms with van der Waals surface area (Å²) in [6.45, 7) is 1.11. The molecule has 0 N–H and O–H groups in total. The number of fused-ring (bicyclic) bond motifs is 1. The van der Waals surface area contributed by atoms with Crippen molar-refractivity contribution in [2.75, 3.05) is 20.2 Å². The summed E-state index contributed by atoms with van der Waals surface area (Å²) in [4.78, 5) is 6.46. The number of rotatable bonds is 3. The Bertz CT molecular complexity index is 732. The van der Waals surface area contributed by atoms with Crippen molar-refractivity contribution in [3.05, 3.63) is 33.3 Å². The Balaban J connectivity index is 1.96. The van der Waals surface area contributed by atoms with Crippen molar-refractivity contribution in [3.63, 3.8) is 0 Å². The van der Waals surface area contributed by atoms with Crippen molar-refractivity contribution in [1.82, 2.24) is 9.88 Å². The molecule has 0 amide bonds. The third kappa shape index (κ3) is 3.44. The molecular formula is C16H16BrClF2N2O. The minimum Gasteiger partial charge on any atom is -0.481 e. The minimum atomic E-state index is -2.56. The lowest BCUT2D eigenvalue weighted by molar-refractivity contribution is -0.0567. The molecule has 1 aromatic heterocycles. The van der Waals surface area contributed by atoms with Gasteiger partial charge in [-0.05, 0) is 12.1 Å². The normalized spacial score (nSPS) is 18.3. The summed E-state index contributed by atoms with van der Waals surface area (Å²) in [5.41, 5.74) is 1.47. The van der Waals surface area contributed by atoms with Crippen LogP contribution in [0.25, 0.3) is 10.9 Å². The van der Waals surface area contributed by atoms with E-state index in [1.54, 1.807) is 0 Å². The smallest absolute Gasteiger partial charge is 0.250 e. The highest BCUT2D eigenvalue weighted by atomic mass is 79.9. The van der Waals surface area contributed by atoms with Crippen LogP contribution in [0.1, 0.15) is 18.4 Å². The van der Waals surface area contributed by atoms with Crippen molar-refractivity contribution >= 4 is 38.4 Å². The Morgan fingerprint density at radius 2 is 2.04 bits per heavy atom. The maximum Gasteiger partial charge on any atom is 0.250 e. The zero-order chi connectivity index (χ0) is 16.6. The van der Waals surface area contributed by atoms with Crippen LogP contribution in [0.5, 0.6) is 5.88 Å². The summed E-state index contributed by atoms with van der Waals surface area (Å²) in [7, 11) is 1.54. The van der Waals surface area contributed by atoms with Gasteiger partial charge in [-0.15, -0.1) is 0 Å². The molecule has 0 spiro atoms. The van der Waals surface area contributed by atoms with Crippen molar-refractivity contribution < 1.29 is 13.5 Å². The van der Waals surface area contributed by atoms with Gasteiger partial charge in [0.2, 0.25) is 5.88 Å². The number of methoxy groups -OCH3 is 1. The summed E-state index contributed by atoms with van der Waals surface area (Å²) in [6.07, 6.45) is -0.255. The number of nitrogens with zero attached hydrogens (tertiary/aromatic N) is 2. The average Bonchev–Trinajstić information content (AvgIpc) is 2.51. The maximum atomic E-state index is 13.3. The molecule has 1 aliphatic rings. The number of aromatic nitrogens is 1. The van der Waals surface area contributed by atoms with Crippen molar-refractivity contribution in [3.8, 4) is 5.88 Å². The lowest BCUT2D eigenvalue weighted by atomic mass is 10.1. The zero-order valence-electron chi connectivity index (χ0n) is 12.6. The molecule has 1 fully saturated rings. The monoisotopic (exact) mass is 404 g/mol. The van der Waals surface area contributed by atoms with Gasteiger partial charge in [0.25, 0.3) is 5.92 Å². The molecular weight excluding hydrogens is 390 g/mol. The zero-order valence-corrected chi connectivity index (χ0v) is 14.9. The molecule has 0 atom stereocenters. The molecule has 1 aliphatic heterocycles. The molecule has 7 heteroatoms. The lowest BCUT2D eigenvalue weighted by Crippen LogP contribution is -2.39. The predicted molar refractivity (Wildman–Crippen MR) is 90.5 cm³/mol. The van der Waals surface area contributed by atoms with E-state index in [4.69, 9.17) is 16.3 Å². The third-order valence-corrected chi connectivity index (χ3v) is 5.20. The summed E-state index contributed by atoms with van der Waals surface area (Å²) in [5, 5.41) is 1.36. The van der Waals surface area contributed by atoms with Crippen LogP contribution in [0.4, 0.5) is 8.78 Å². The van der Waals surface area contributed by atoms with Gasteiger partial charge in [0, 0.05) is 47.9 Å². The molecule has 124 valence electrons. The van der Waals surface area contributed by atoms with Crippen LogP contribution in [0.3, 0.4) is 0 Å². The lowest BCUT2D eigenvalue weighted by Gasteiger charge is -2.32. The van der Waals surface area contributed by atoms with E-state index in [-0.39, 0.29) is 12.8 Å². The fourth-order valence-corrected chi connectivity index (χ4v) is 3.82. The predicted octanol–water partition coefficient (Wildman–Crippen LogP) is 4.89. The molecule has 3 nitrogen and oxygen atoms in total. The number of likely N-dealkylation sites (tertiary alicyclic amines) is 1. The van der Waals surface area contributed by atoms with Crippen molar-refractivity contribution in [2.45, 2.75) is 25.3 Å². The topological polar surface area (TPSA) is 25.4 Å². The Morgan fingerprint density at radius 3 is 2.70 bits per heavy atom. The van der Waals surface area contributed by atoms with Crippen molar-refractivity contribution in [2.24, 2.45) is 0 Å². The first-order chi connectivity index (χ1) is 10.9. The van der Waals surface area contributed by atoms with Gasteiger partial charge in [-0.2, -0.15) is 0 Å². The molecule has 1 aromatic carbocycles. The number of benzene rings is 1. The first kappa shape index (κ1) is 16.9. The Hall–Kier alpha value is -0.980.